The lowest BCUT2D eigenvalue weighted by molar-refractivity contribution is -0.385. The summed E-state index contributed by atoms with van der Waals surface area (Å²) in [6.07, 6.45) is 4.10. The standard InChI is InChI=1S/C20H18N6O3/c1-12(2)25-11-21-23-20(25)16-5-4-6-19(22-16)24-9-14-7-13(3)17(26(28)29)8-15(14)18(24)10-27/h4-12H,1-3H3. The van der Waals surface area contributed by atoms with E-state index in [9.17, 15) is 14.9 Å². The van der Waals surface area contributed by atoms with Crippen molar-refractivity contribution in [2.24, 2.45) is 0 Å². The minimum absolute atomic E-state index is 0.0231. The maximum absolute atomic E-state index is 11.9. The van der Waals surface area contributed by atoms with Crippen LogP contribution in [-0.2, 0) is 0 Å². The first-order valence-corrected chi connectivity index (χ1v) is 9.03. The molecule has 0 unspecified atom stereocenters. The average Bonchev–Trinajstić information content (AvgIpc) is 3.31. The number of carbonyl (C=O) groups excluding carboxylic acids is 1. The topological polar surface area (TPSA) is 109 Å². The lowest BCUT2D eigenvalue weighted by Gasteiger charge is -2.11. The second kappa shape index (κ2) is 6.93. The van der Waals surface area contributed by atoms with Gasteiger partial charge in [-0.25, -0.2) is 4.98 Å². The highest BCUT2D eigenvalue weighted by Crippen LogP contribution is 2.30. The molecule has 4 rings (SSSR count). The zero-order valence-electron chi connectivity index (χ0n) is 16.1. The molecule has 4 aromatic rings. The molecule has 0 saturated heterocycles. The third-order valence-electron chi connectivity index (χ3n) is 4.82. The number of rotatable bonds is 5. The predicted molar refractivity (Wildman–Crippen MR) is 107 cm³/mol. The molecule has 0 saturated carbocycles. The van der Waals surface area contributed by atoms with Crippen molar-refractivity contribution in [1.29, 1.82) is 0 Å². The molecule has 146 valence electrons. The number of nitrogens with zero attached hydrogens (tertiary/aromatic N) is 6. The summed E-state index contributed by atoms with van der Waals surface area (Å²) in [4.78, 5) is 27.4. The van der Waals surface area contributed by atoms with Crippen molar-refractivity contribution in [2.75, 3.05) is 0 Å². The Kier molecular flexibility index (Phi) is 4.42. The summed E-state index contributed by atoms with van der Waals surface area (Å²) in [5, 5.41) is 20.7. The number of benzene rings is 1. The molecule has 0 fully saturated rings. The van der Waals surface area contributed by atoms with Gasteiger partial charge in [-0.15, -0.1) is 10.2 Å². The quantitative estimate of drug-likeness (QED) is 0.290. The number of pyridine rings is 1. The van der Waals surface area contributed by atoms with E-state index in [1.165, 1.54) is 6.07 Å². The summed E-state index contributed by atoms with van der Waals surface area (Å²) < 4.78 is 3.55. The predicted octanol–water partition coefficient (Wildman–Crippen LogP) is 3.89. The van der Waals surface area contributed by atoms with Crippen LogP contribution in [0.15, 0.2) is 42.9 Å². The van der Waals surface area contributed by atoms with Crippen molar-refractivity contribution >= 4 is 22.7 Å². The molecular formula is C20H18N6O3. The molecule has 0 spiro atoms. The first-order chi connectivity index (χ1) is 13.9. The monoisotopic (exact) mass is 390 g/mol. The third kappa shape index (κ3) is 3.06. The van der Waals surface area contributed by atoms with E-state index in [2.05, 4.69) is 15.2 Å². The summed E-state index contributed by atoms with van der Waals surface area (Å²) in [6.45, 7) is 5.72. The van der Waals surface area contributed by atoms with E-state index >= 15 is 0 Å². The fourth-order valence-corrected chi connectivity index (χ4v) is 3.38. The molecule has 29 heavy (non-hydrogen) atoms. The molecule has 0 aliphatic rings. The van der Waals surface area contributed by atoms with Gasteiger partial charge in [-0.1, -0.05) is 6.07 Å². The molecule has 0 radical (unpaired) electrons. The number of nitro groups is 1. The Labute approximate surface area is 165 Å². The number of aldehydes is 1. The number of nitro benzene ring substituents is 1. The van der Waals surface area contributed by atoms with Gasteiger partial charge in [-0.3, -0.25) is 19.5 Å². The Hall–Kier alpha value is -3.88. The number of aromatic nitrogens is 5. The fourth-order valence-electron chi connectivity index (χ4n) is 3.38. The molecule has 0 amide bonds. The van der Waals surface area contributed by atoms with Gasteiger partial charge in [-0.2, -0.15) is 0 Å². The summed E-state index contributed by atoms with van der Waals surface area (Å²) in [6, 6.07) is 8.72. The van der Waals surface area contributed by atoms with Gasteiger partial charge in [0.2, 0.25) is 0 Å². The van der Waals surface area contributed by atoms with E-state index in [-0.39, 0.29) is 11.7 Å². The van der Waals surface area contributed by atoms with Crippen LogP contribution < -0.4 is 0 Å². The molecule has 9 heteroatoms. The molecule has 0 aliphatic carbocycles. The molecule has 0 bridgehead atoms. The molecule has 9 nitrogen and oxygen atoms in total. The van der Waals surface area contributed by atoms with Crippen molar-refractivity contribution in [3.63, 3.8) is 0 Å². The Balaban J connectivity index is 1.90. The molecular weight excluding hydrogens is 372 g/mol. The van der Waals surface area contributed by atoms with Crippen LogP contribution in [0.2, 0.25) is 0 Å². The van der Waals surface area contributed by atoms with Gasteiger partial charge in [0.15, 0.2) is 12.1 Å². The second-order valence-electron chi connectivity index (χ2n) is 7.02. The van der Waals surface area contributed by atoms with E-state index < -0.39 is 4.92 Å². The molecule has 1 aromatic carbocycles. The molecule has 3 aromatic heterocycles. The summed E-state index contributed by atoms with van der Waals surface area (Å²) in [5.41, 5.74) is 1.43. The van der Waals surface area contributed by atoms with E-state index in [1.54, 1.807) is 36.1 Å². The molecule has 0 N–H and O–H groups in total. The van der Waals surface area contributed by atoms with Crippen LogP contribution in [0, 0.1) is 17.0 Å². The van der Waals surface area contributed by atoms with Crippen LogP contribution in [0.25, 0.3) is 28.1 Å². The molecule has 0 atom stereocenters. The van der Waals surface area contributed by atoms with Crippen molar-refractivity contribution in [3.05, 3.63) is 64.2 Å². The minimum atomic E-state index is -0.446. The van der Waals surface area contributed by atoms with Crippen LogP contribution in [-0.4, -0.2) is 35.5 Å². The van der Waals surface area contributed by atoms with E-state index in [4.69, 9.17) is 0 Å². The van der Waals surface area contributed by atoms with E-state index in [1.807, 2.05) is 30.5 Å². The highest BCUT2D eigenvalue weighted by Gasteiger charge is 2.19. The Morgan fingerprint density at radius 2 is 2.03 bits per heavy atom. The van der Waals surface area contributed by atoms with Crippen molar-refractivity contribution in [1.82, 2.24) is 24.3 Å². The van der Waals surface area contributed by atoms with Crippen LogP contribution in [0.4, 0.5) is 5.69 Å². The van der Waals surface area contributed by atoms with Crippen molar-refractivity contribution in [2.45, 2.75) is 26.8 Å². The number of carbonyl (C=O) groups is 1. The maximum atomic E-state index is 11.9. The van der Waals surface area contributed by atoms with E-state index in [0.717, 1.165) is 5.39 Å². The van der Waals surface area contributed by atoms with Crippen LogP contribution in [0.3, 0.4) is 0 Å². The minimum Gasteiger partial charge on any atom is -0.310 e. The van der Waals surface area contributed by atoms with Crippen LogP contribution in [0.1, 0.15) is 35.9 Å². The van der Waals surface area contributed by atoms with Crippen molar-refractivity contribution < 1.29 is 9.72 Å². The maximum Gasteiger partial charge on any atom is 0.273 e. The number of aryl methyl sites for hydroxylation is 1. The Morgan fingerprint density at radius 1 is 1.24 bits per heavy atom. The van der Waals surface area contributed by atoms with Gasteiger partial charge in [-0.05, 0) is 39.0 Å². The Bertz CT molecular complexity index is 1250. The summed E-state index contributed by atoms with van der Waals surface area (Å²) >= 11 is 0. The number of hydrogen-bond acceptors (Lipinski definition) is 6. The van der Waals surface area contributed by atoms with Gasteiger partial charge < -0.3 is 4.57 Å². The number of fused-ring (bicyclic) bond motifs is 1. The van der Waals surface area contributed by atoms with Gasteiger partial charge in [0.25, 0.3) is 5.69 Å². The fraction of sp³-hybridized carbons (Fsp3) is 0.200. The highest BCUT2D eigenvalue weighted by atomic mass is 16.6. The molecule has 3 heterocycles. The van der Waals surface area contributed by atoms with Crippen molar-refractivity contribution in [3.8, 4) is 17.3 Å². The molecule has 0 aliphatic heterocycles. The van der Waals surface area contributed by atoms with Gasteiger partial charge in [0.1, 0.15) is 17.8 Å². The van der Waals surface area contributed by atoms with Gasteiger partial charge in [0, 0.05) is 34.6 Å². The van der Waals surface area contributed by atoms with Crippen LogP contribution >= 0.6 is 0 Å². The number of hydrogen-bond donors (Lipinski definition) is 0. The largest absolute Gasteiger partial charge is 0.310 e. The Morgan fingerprint density at radius 3 is 2.72 bits per heavy atom. The zero-order valence-corrected chi connectivity index (χ0v) is 16.1. The first kappa shape index (κ1) is 18.5. The first-order valence-electron chi connectivity index (χ1n) is 9.03. The highest BCUT2D eigenvalue weighted by molar-refractivity contribution is 6.00. The summed E-state index contributed by atoms with van der Waals surface area (Å²) in [5.74, 6) is 1.14. The summed E-state index contributed by atoms with van der Waals surface area (Å²) in [7, 11) is 0. The normalized spacial score (nSPS) is 11.3. The van der Waals surface area contributed by atoms with Gasteiger partial charge in [0.05, 0.1) is 10.6 Å². The van der Waals surface area contributed by atoms with Crippen LogP contribution in [0.5, 0.6) is 0 Å². The lowest BCUT2D eigenvalue weighted by atomic mass is 10.1. The SMILES string of the molecule is Cc1cc2cn(-c3cccc(-c4nncn4C(C)C)n3)c(C=O)c2cc1[N+](=O)[O-]. The third-order valence-corrected chi connectivity index (χ3v) is 4.82. The average molecular weight is 390 g/mol. The smallest absolute Gasteiger partial charge is 0.273 e. The van der Waals surface area contributed by atoms with E-state index in [0.29, 0.717) is 40.3 Å². The zero-order chi connectivity index (χ0) is 20.7. The van der Waals surface area contributed by atoms with Gasteiger partial charge >= 0.3 is 0 Å². The lowest BCUT2D eigenvalue weighted by Crippen LogP contribution is -2.05. The second-order valence-corrected chi connectivity index (χ2v) is 7.02.